The summed E-state index contributed by atoms with van der Waals surface area (Å²) < 4.78 is 0. The van der Waals surface area contributed by atoms with Crippen molar-refractivity contribution < 1.29 is 0 Å². The lowest BCUT2D eigenvalue weighted by molar-refractivity contribution is 0.480. The Morgan fingerprint density at radius 1 is 1.05 bits per heavy atom. The molecule has 2 heteroatoms. The maximum atomic E-state index is 4.16. The van der Waals surface area contributed by atoms with Crippen LogP contribution in [0.5, 0.6) is 0 Å². The van der Waals surface area contributed by atoms with Gasteiger partial charge in [0.15, 0.2) is 0 Å². The van der Waals surface area contributed by atoms with Crippen LogP contribution in [-0.4, -0.2) is 11.0 Å². The lowest BCUT2D eigenvalue weighted by atomic mass is 10.1. The van der Waals surface area contributed by atoms with Crippen LogP contribution in [0.4, 0.5) is 0 Å². The third-order valence-electron chi connectivity index (χ3n) is 4.10. The topological polar surface area (TPSA) is 24.9 Å². The van der Waals surface area contributed by atoms with Gasteiger partial charge in [-0.05, 0) is 36.4 Å². The number of aromatic nitrogens is 1. The van der Waals surface area contributed by atoms with Crippen LogP contribution in [0.1, 0.15) is 57.9 Å². The predicted molar refractivity (Wildman–Crippen MR) is 91.4 cm³/mol. The standard InChI is InChI=1S/C19H28N2/c1-3-4-5-6-7-8-16(2)21-14-17-9-10-19-15-20-12-11-18(19)13-17/h9-13,15-16,21H,3-8,14H2,1-2H3/t16-/m1/s1. The fourth-order valence-electron chi connectivity index (χ4n) is 2.69. The van der Waals surface area contributed by atoms with Gasteiger partial charge in [-0.25, -0.2) is 0 Å². The van der Waals surface area contributed by atoms with Crippen LogP contribution in [0.2, 0.25) is 0 Å². The Kier molecular flexibility index (Phi) is 6.68. The summed E-state index contributed by atoms with van der Waals surface area (Å²) >= 11 is 0. The van der Waals surface area contributed by atoms with E-state index in [1.165, 1.54) is 54.9 Å². The molecule has 1 heterocycles. The third-order valence-corrected chi connectivity index (χ3v) is 4.10. The summed E-state index contributed by atoms with van der Waals surface area (Å²) in [7, 11) is 0. The SMILES string of the molecule is CCCCCCC[C@@H](C)NCc1ccc2cnccc2c1. The molecule has 0 spiro atoms. The number of hydrogen-bond donors (Lipinski definition) is 1. The summed E-state index contributed by atoms with van der Waals surface area (Å²) in [5.41, 5.74) is 1.35. The van der Waals surface area contributed by atoms with E-state index in [0.29, 0.717) is 6.04 Å². The first-order chi connectivity index (χ1) is 10.3. The lowest BCUT2D eigenvalue weighted by Gasteiger charge is -2.14. The molecule has 2 rings (SSSR count). The Morgan fingerprint density at radius 2 is 1.90 bits per heavy atom. The van der Waals surface area contributed by atoms with Crippen molar-refractivity contribution in [2.24, 2.45) is 0 Å². The highest BCUT2D eigenvalue weighted by molar-refractivity contribution is 5.81. The molecule has 0 fully saturated rings. The van der Waals surface area contributed by atoms with Crippen molar-refractivity contribution in [3.63, 3.8) is 0 Å². The zero-order chi connectivity index (χ0) is 14.9. The maximum absolute atomic E-state index is 4.16. The van der Waals surface area contributed by atoms with Crippen molar-refractivity contribution in [2.45, 2.75) is 65.0 Å². The monoisotopic (exact) mass is 284 g/mol. The van der Waals surface area contributed by atoms with Gasteiger partial charge >= 0.3 is 0 Å². The minimum absolute atomic E-state index is 0.597. The van der Waals surface area contributed by atoms with Crippen LogP contribution >= 0.6 is 0 Å². The van der Waals surface area contributed by atoms with Crippen molar-refractivity contribution in [1.29, 1.82) is 0 Å². The second-order valence-electron chi connectivity index (χ2n) is 6.04. The molecule has 0 aliphatic rings. The first-order valence-corrected chi connectivity index (χ1v) is 8.35. The van der Waals surface area contributed by atoms with Crippen LogP contribution in [0.3, 0.4) is 0 Å². The Bertz CT molecular complexity index is 536. The summed E-state index contributed by atoms with van der Waals surface area (Å²) in [4.78, 5) is 4.16. The molecule has 0 unspecified atom stereocenters. The van der Waals surface area contributed by atoms with Gasteiger partial charge in [-0.1, -0.05) is 51.2 Å². The summed E-state index contributed by atoms with van der Waals surface area (Å²) in [6.07, 6.45) is 11.9. The molecule has 0 saturated heterocycles. The molecule has 0 amide bonds. The molecule has 0 aliphatic heterocycles. The molecular weight excluding hydrogens is 256 g/mol. The molecule has 21 heavy (non-hydrogen) atoms. The van der Waals surface area contributed by atoms with E-state index in [9.17, 15) is 0 Å². The molecule has 114 valence electrons. The van der Waals surface area contributed by atoms with Gasteiger partial charge in [0, 0.05) is 30.4 Å². The molecule has 0 saturated carbocycles. The average molecular weight is 284 g/mol. The Balaban J connectivity index is 1.73. The molecular formula is C19H28N2. The van der Waals surface area contributed by atoms with Crippen molar-refractivity contribution in [3.8, 4) is 0 Å². The Morgan fingerprint density at radius 3 is 2.76 bits per heavy atom. The van der Waals surface area contributed by atoms with Crippen LogP contribution in [-0.2, 0) is 6.54 Å². The lowest BCUT2D eigenvalue weighted by Crippen LogP contribution is -2.25. The van der Waals surface area contributed by atoms with E-state index < -0.39 is 0 Å². The smallest absolute Gasteiger partial charge is 0.0346 e. The molecule has 0 aliphatic carbocycles. The number of fused-ring (bicyclic) bond motifs is 1. The highest BCUT2D eigenvalue weighted by Gasteiger charge is 2.02. The van der Waals surface area contributed by atoms with Gasteiger partial charge in [0.1, 0.15) is 0 Å². The predicted octanol–water partition coefficient (Wildman–Crippen LogP) is 5.07. The summed E-state index contributed by atoms with van der Waals surface area (Å²) in [6, 6.07) is 9.30. The summed E-state index contributed by atoms with van der Waals surface area (Å²) in [5, 5.41) is 6.13. The van der Waals surface area contributed by atoms with Crippen LogP contribution < -0.4 is 5.32 Å². The van der Waals surface area contributed by atoms with Gasteiger partial charge in [0.25, 0.3) is 0 Å². The van der Waals surface area contributed by atoms with E-state index in [4.69, 9.17) is 0 Å². The normalized spacial score (nSPS) is 12.7. The van der Waals surface area contributed by atoms with Crippen LogP contribution in [0.15, 0.2) is 36.7 Å². The van der Waals surface area contributed by atoms with Gasteiger partial charge in [-0.15, -0.1) is 0 Å². The van der Waals surface area contributed by atoms with Crippen LogP contribution in [0.25, 0.3) is 10.8 Å². The van der Waals surface area contributed by atoms with Gasteiger partial charge in [0.05, 0.1) is 0 Å². The van der Waals surface area contributed by atoms with E-state index in [1.807, 2.05) is 12.4 Å². The number of unbranched alkanes of at least 4 members (excludes halogenated alkanes) is 4. The zero-order valence-electron chi connectivity index (χ0n) is 13.4. The molecule has 1 atom stereocenters. The number of pyridine rings is 1. The second kappa shape index (κ2) is 8.78. The quantitative estimate of drug-likeness (QED) is 0.650. The summed E-state index contributed by atoms with van der Waals surface area (Å²) in [5.74, 6) is 0. The zero-order valence-corrected chi connectivity index (χ0v) is 13.4. The fourth-order valence-corrected chi connectivity index (χ4v) is 2.69. The van der Waals surface area contributed by atoms with E-state index in [0.717, 1.165) is 6.54 Å². The van der Waals surface area contributed by atoms with Gasteiger partial charge in [0.2, 0.25) is 0 Å². The van der Waals surface area contributed by atoms with Crippen molar-refractivity contribution in [3.05, 3.63) is 42.2 Å². The number of nitrogens with one attached hydrogen (secondary N) is 1. The van der Waals surface area contributed by atoms with E-state index >= 15 is 0 Å². The molecule has 1 aromatic carbocycles. The first-order valence-electron chi connectivity index (χ1n) is 8.35. The highest BCUT2D eigenvalue weighted by Crippen LogP contribution is 2.15. The summed E-state index contributed by atoms with van der Waals surface area (Å²) in [6.45, 7) is 5.52. The number of rotatable bonds is 9. The minimum atomic E-state index is 0.597. The molecule has 1 N–H and O–H groups in total. The largest absolute Gasteiger partial charge is 0.310 e. The molecule has 1 aromatic heterocycles. The minimum Gasteiger partial charge on any atom is -0.310 e. The molecule has 2 nitrogen and oxygen atoms in total. The second-order valence-corrected chi connectivity index (χ2v) is 6.04. The van der Waals surface area contributed by atoms with E-state index in [2.05, 4.69) is 48.4 Å². The fraction of sp³-hybridized carbons (Fsp3) is 0.526. The Hall–Kier alpha value is -1.41. The van der Waals surface area contributed by atoms with Gasteiger partial charge in [-0.2, -0.15) is 0 Å². The van der Waals surface area contributed by atoms with Crippen molar-refractivity contribution in [1.82, 2.24) is 10.3 Å². The highest BCUT2D eigenvalue weighted by atomic mass is 14.9. The van der Waals surface area contributed by atoms with Gasteiger partial charge in [-0.3, -0.25) is 4.98 Å². The number of nitrogens with zero attached hydrogens (tertiary/aromatic N) is 1. The Labute approximate surface area is 129 Å². The maximum Gasteiger partial charge on any atom is 0.0346 e. The first kappa shape index (κ1) is 16.0. The molecule has 0 radical (unpaired) electrons. The van der Waals surface area contributed by atoms with Gasteiger partial charge < -0.3 is 5.32 Å². The number of hydrogen-bond acceptors (Lipinski definition) is 2. The van der Waals surface area contributed by atoms with Crippen molar-refractivity contribution in [2.75, 3.05) is 0 Å². The average Bonchev–Trinajstić information content (AvgIpc) is 2.52. The molecule has 2 aromatic rings. The third kappa shape index (κ3) is 5.47. The van der Waals surface area contributed by atoms with E-state index in [-0.39, 0.29) is 0 Å². The van der Waals surface area contributed by atoms with Crippen molar-refractivity contribution >= 4 is 10.8 Å². The molecule has 0 bridgehead atoms. The van der Waals surface area contributed by atoms with E-state index in [1.54, 1.807) is 0 Å². The number of benzene rings is 1. The van der Waals surface area contributed by atoms with Crippen LogP contribution in [0, 0.1) is 0 Å².